The molecular formula is C29H32BrCl2N3O4S. The average Bonchev–Trinajstić information content (AvgIpc) is 2.91. The van der Waals surface area contributed by atoms with Crippen molar-refractivity contribution in [1.29, 1.82) is 0 Å². The van der Waals surface area contributed by atoms with Crippen LogP contribution in [0, 0.1) is 0 Å². The number of rotatable bonds is 12. The molecule has 214 valence electrons. The molecule has 2 atom stereocenters. The fraction of sp³-hybridized carbons (Fsp3) is 0.310. The first-order valence-electron chi connectivity index (χ1n) is 12.7. The van der Waals surface area contributed by atoms with Crippen LogP contribution in [0.15, 0.2) is 77.3 Å². The summed E-state index contributed by atoms with van der Waals surface area (Å²) >= 11 is 15.6. The van der Waals surface area contributed by atoms with Gasteiger partial charge in [0.05, 0.1) is 22.0 Å². The highest BCUT2D eigenvalue weighted by Gasteiger charge is 2.33. The summed E-state index contributed by atoms with van der Waals surface area (Å²) in [6.45, 7) is 3.42. The molecule has 2 amide bonds. The van der Waals surface area contributed by atoms with Crippen LogP contribution in [0.3, 0.4) is 0 Å². The summed E-state index contributed by atoms with van der Waals surface area (Å²) in [5, 5.41) is 3.42. The minimum atomic E-state index is -3.91. The molecule has 0 bridgehead atoms. The Bertz CT molecular complexity index is 1420. The smallest absolute Gasteiger partial charge is 0.244 e. The number of nitrogens with one attached hydrogen (secondary N) is 1. The molecule has 3 aromatic carbocycles. The third kappa shape index (κ3) is 8.96. The Labute approximate surface area is 254 Å². The zero-order chi connectivity index (χ0) is 29.4. The van der Waals surface area contributed by atoms with Gasteiger partial charge >= 0.3 is 0 Å². The SMILES string of the molecule is CC[C@@H](C)NC(=O)[C@H](Cc1ccccc1)N(Cc1ccc(Br)cc1)C(=O)CN(c1ccc(Cl)c(Cl)c1)S(C)(=O)=O. The molecule has 0 aliphatic rings. The number of carbonyl (C=O) groups is 2. The van der Waals surface area contributed by atoms with Gasteiger partial charge in [-0.3, -0.25) is 13.9 Å². The lowest BCUT2D eigenvalue weighted by atomic mass is 10.0. The molecule has 7 nitrogen and oxygen atoms in total. The van der Waals surface area contributed by atoms with E-state index in [0.29, 0.717) is 6.42 Å². The van der Waals surface area contributed by atoms with Crippen molar-refractivity contribution in [3.8, 4) is 0 Å². The average molecular weight is 669 g/mol. The van der Waals surface area contributed by atoms with Gasteiger partial charge in [0.1, 0.15) is 12.6 Å². The molecule has 0 aliphatic carbocycles. The Kier molecular flexibility index (Phi) is 11.5. The summed E-state index contributed by atoms with van der Waals surface area (Å²) in [7, 11) is -3.91. The van der Waals surface area contributed by atoms with Crippen molar-refractivity contribution in [1.82, 2.24) is 10.2 Å². The number of sulfonamides is 1. The lowest BCUT2D eigenvalue weighted by molar-refractivity contribution is -0.140. The van der Waals surface area contributed by atoms with Crippen LogP contribution >= 0.6 is 39.1 Å². The van der Waals surface area contributed by atoms with Gasteiger partial charge in [0, 0.05) is 23.5 Å². The highest BCUT2D eigenvalue weighted by molar-refractivity contribution is 9.10. The lowest BCUT2D eigenvalue weighted by Crippen LogP contribution is -2.54. The number of nitrogens with zero attached hydrogens (tertiary/aromatic N) is 2. The molecular weight excluding hydrogens is 637 g/mol. The minimum Gasteiger partial charge on any atom is -0.352 e. The summed E-state index contributed by atoms with van der Waals surface area (Å²) in [5.74, 6) is -0.858. The standard InChI is InChI=1S/C29H32BrCl2N3O4S/c1-4-20(2)33-29(37)27(16-21-8-6-5-7-9-21)34(18-22-10-12-23(30)13-11-22)28(36)19-35(40(3,38)39)24-14-15-25(31)26(32)17-24/h5-15,17,20,27H,4,16,18-19H2,1-3H3,(H,33,37)/t20-,27+/m1/s1. The molecule has 0 spiro atoms. The maximum Gasteiger partial charge on any atom is 0.244 e. The predicted molar refractivity (Wildman–Crippen MR) is 165 cm³/mol. The van der Waals surface area contributed by atoms with Crippen LogP contribution in [-0.4, -0.2) is 50.0 Å². The summed E-state index contributed by atoms with van der Waals surface area (Å²) in [6, 6.07) is 20.1. The molecule has 0 saturated heterocycles. The lowest BCUT2D eigenvalue weighted by Gasteiger charge is -2.34. The van der Waals surface area contributed by atoms with Crippen molar-refractivity contribution < 1.29 is 18.0 Å². The summed E-state index contributed by atoms with van der Waals surface area (Å²) < 4.78 is 27.5. The largest absolute Gasteiger partial charge is 0.352 e. The van der Waals surface area contributed by atoms with Crippen molar-refractivity contribution >= 4 is 66.7 Å². The predicted octanol–water partition coefficient (Wildman–Crippen LogP) is 6.08. The van der Waals surface area contributed by atoms with Crippen LogP contribution in [0.1, 0.15) is 31.4 Å². The molecule has 0 radical (unpaired) electrons. The number of anilines is 1. The van der Waals surface area contributed by atoms with Gasteiger partial charge in [-0.2, -0.15) is 0 Å². The van der Waals surface area contributed by atoms with E-state index in [9.17, 15) is 18.0 Å². The zero-order valence-corrected chi connectivity index (χ0v) is 26.4. The van der Waals surface area contributed by atoms with Crippen molar-refractivity contribution in [2.24, 2.45) is 0 Å². The molecule has 3 aromatic rings. The summed E-state index contributed by atoms with van der Waals surface area (Å²) in [4.78, 5) is 29.2. The highest BCUT2D eigenvalue weighted by atomic mass is 79.9. The molecule has 1 N–H and O–H groups in total. The third-order valence-electron chi connectivity index (χ3n) is 6.41. The zero-order valence-electron chi connectivity index (χ0n) is 22.5. The van der Waals surface area contributed by atoms with E-state index in [-0.39, 0.29) is 40.6 Å². The molecule has 11 heteroatoms. The van der Waals surface area contributed by atoms with Gasteiger partial charge in [0.15, 0.2) is 0 Å². The van der Waals surface area contributed by atoms with Crippen LogP contribution in [0.4, 0.5) is 5.69 Å². The topological polar surface area (TPSA) is 86.8 Å². The Morgan fingerprint density at radius 2 is 1.60 bits per heavy atom. The van der Waals surface area contributed by atoms with Crippen LogP contribution < -0.4 is 9.62 Å². The summed E-state index contributed by atoms with van der Waals surface area (Å²) in [5.41, 5.74) is 1.84. The Hall–Kier alpha value is -2.59. The highest BCUT2D eigenvalue weighted by Crippen LogP contribution is 2.29. The second kappa shape index (κ2) is 14.3. The summed E-state index contributed by atoms with van der Waals surface area (Å²) in [6.07, 6.45) is 1.97. The maximum atomic E-state index is 14.1. The van der Waals surface area contributed by atoms with Crippen LogP contribution in [0.25, 0.3) is 0 Å². The van der Waals surface area contributed by atoms with Gasteiger partial charge < -0.3 is 10.2 Å². The Morgan fingerprint density at radius 3 is 2.17 bits per heavy atom. The molecule has 0 aliphatic heterocycles. The first-order chi connectivity index (χ1) is 18.9. The van der Waals surface area contributed by atoms with Crippen molar-refractivity contribution in [2.45, 2.75) is 45.3 Å². The van der Waals surface area contributed by atoms with Gasteiger partial charge in [-0.1, -0.05) is 88.5 Å². The number of hydrogen-bond acceptors (Lipinski definition) is 4. The van der Waals surface area contributed by atoms with Crippen molar-refractivity contribution in [2.75, 3.05) is 17.1 Å². The van der Waals surface area contributed by atoms with E-state index in [0.717, 1.165) is 26.2 Å². The first kappa shape index (κ1) is 31.9. The number of carbonyl (C=O) groups excluding carboxylic acids is 2. The molecule has 0 aromatic heterocycles. The maximum absolute atomic E-state index is 14.1. The first-order valence-corrected chi connectivity index (χ1v) is 16.1. The minimum absolute atomic E-state index is 0.0938. The Balaban J connectivity index is 2.06. The van der Waals surface area contributed by atoms with Crippen LogP contribution in [-0.2, 0) is 32.6 Å². The van der Waals surface area contributed by atoms with Gasteiger partial charge in [0.25, 0.3) is 0 Å². The number of amides is 2. The molecule has 40 heavy (non-hydrogen) atoms. The van der Waals surface area contributed by atoms with E-state index in [1.165, 1.54) is 23.1 Å². The molecule has 0 unspecified atom stereocenters. The number of hydrogen-bond donors (Lipinski definition) is 1. The number of benzene rings is 3. The van der Waals surface area contributed by atoms with E-state index in [4.69, 9.17) is 23.2 Å². The molecule has 0 saturated carbocycles. The third-order valence-corrected chi connectivity index (χ3v) is 8.82. The van der Waals surface area contributed by atoms with E-state index in [1.54, 1.807) is 0 Å². The van der Waals surface area contributed by atoms with Gasteiger partial charge in [-0.05, 0) is 54.8 Å². The van der Waals surface area contributed by atoms with Crippen LogP contribution in [0.5, 0.6) is 0 Å². The van der Waals surface area contributed by atoms with Crippen LogP contribution in [0.2, 0.25) is 10.0 Å². The van der Waals surface area contributed by atoms with Gasteiger partial charge in [-0.15, -0.1) is 0 Å². The second-order valence-corrected chi connectivity index (χ2v) is 13.2. The number of halogens is 3. The quantitative estimate of drug-likeness (QED) is 0.254. The fourth-order valence-corrected chi connectivity index (χ4v) is 5.43. The molecule has 0 fully saturated rings. The van der Waals surface area contributed by atoms with Gasteiger partial charge in [-0.25, -0.2) is 8.42 Å². The van der Waals surface area contributed by atoms with E-state index in [2.05, 4.69) is 21.2 Å². The molecule has 0 heterocycles. The van der Waals surface area contributed by atoms with E-state index >= 15 is 0 Å². The van der Waals surface area contributed by atoms with Crippen molar-refractivity contribution in [3.63, 3.8) is 0 Å². The second-order valence-electron chi connectivity index (χ2n) is 9.54. The molecule has 3 rings (SSSR count). The van der Waals surface area contributed by atoms with E-state index in [1.807, 2.05) is 68.4 Å². The fourth-order valence-electron chi connectivity index (χ4n) is 4.04. The van der Waals surface area contributed by atoms with Gasteiger partial charge in [0.2, 0.25) is 21.8 Å². The van der Waals surface area contributed by atoms with E-state index < -0.39 is 28.5 Å². The normalized spacial score (nSPS) is 12.8. The van der Waals surface area contributed by atoms with Crippen molar-refractivity contribution in [3.05, 3.63) is 98.4 Å². The Morgan fingerprint density at radius 1 is 0.950 bits per heavy atom. The monoisotopic (exact) mass is 667 g/mol.